The Morgan fingerprint density at radius 3 is 2.60 bits per heavy atom. The monoisotopic (exact) mass is 342 g/mol. The highest BCUT2D eigenvalue weighted by molar-refractivity contribution is 5.85. The topological polar surface area (TPSA) is 89.8 Å². The average molecular weight is 342 g/mol. The van der Waals surface area contributed by atoms with Gasteiger partial charge in [-0.3, -0.25) is 4.79 Å². The molecule has 0 saturated carbocycles. The second kappa shape index (κ2) is 7.21. The Morgan fingerprint density at radius 2 is 1.84 bits per heavy atom. The van der Waals surface area contributed by atoms with Gasteiger partial charge < -0.3 is 20.6 Å². The molecule has 0 radical (unpaired) electrons. The fraction of sp³-hybridized carbons (Fsp3) is 0.222. The van der Waals surface area contributed by atoms with Crippen molar-refractivity contribution in [3.05, 3.63) is 64.3 Å². The molecule has 0 spiro atoms. The van der Waals surface area contributed by atoms with Crippen LogP contribution in [0.15, 0.2) is 47.3 Å². The first-order valence-corrected chi connectivity index (χ1v) is 8.02. The van der Waals surface area contributed by atoms with E-state index >= 15 is 0 Å². The molecule has 4 N–H and O–H groups in total. The first-order chi connectivity index (χ1) is 12.0. The van der Waals surface area contributed by atoms with Gasteiger partial charge in [0.25, 0.3) is 0 Å². The second-order valence-corrected chi connectivity index (χ2v) is 5.87. The van der Waals surface area contributed by atoms with Gasteiger partial charge in [-0.2, -0.15) is 0 Å². The third-order valence-corrected chi connectivity index (χ3v) is 3.92. The van der Waals surface area contributed by atoms with E-state index in [1.165, 1.54) is 12.1 Å². The molecule has 0 aliphatic rings. The Labute approximate surface area is 143 Å². The first kappa shape index (κ1) is 16.8. The molecular weight excluding hydrogens is 323 g/mol. The van der Waals surface area contributed by atoms with Gasteiger partial charge in [0, 0.05) is 12.2 Å². The van der Waals surface area contributed by atoms with Gasteiger partial charge in [-0.1, -0.05) is 12.1 Å². The number of imidazole rings is 1. The number of hydrogen-bond acceptors (Lipinski definition) is 3. The van der Waals surface area contributed by atoms with Crippen molar-refractivity contribution in [1.82, 2.24) is 15.3 Å². The van der Waals surface area contributed by atoms with Crippen molar-refractivity contribution >= 4 is 22.6 Å². The van der Waals surface area contributed by atoms with Crippen LogP contribution in [0.5, 0.6) is 0 Å². The van der Waals surface area contributed by atoms with Gasteiger partial charge in [0.2, 0.25) is 5.91 Å². The number of hydrogen-bond donors (Lipinski definition) is 4. The van der Waals surface area contributed by atoms with Crippen molar-refractivity contribution in [3.8, 4) is 0 Å². The van der Waals surface area contributed by atoms with Crippen LogP contribution in [-0.2, 0) is 11.2 Å². The molecule has 3 aromatic rings. The van der Waals surface area contributed by atoms with E-state index in [2.05, 4.69) is 20.6 Å². The Balaban J connectivity index is 1.52. The molecule has 0 aliphatic heterocycles. The van der Waals surface area contributed by atoms with Crippen LogP contribution in [0, 0.1) is 5.82 Å². The van der Waals surface area contributed by atoms with Crippen LogP contribution < -0.4 is 16.3 Å². The van der Waals surface area contributed by atoms with Crippen molar-refractivity contribution < 1.29 is 9.18 Å². The molecule has 2 aromatic carbocycles. The van der Waals surface area contributed by atoms with E-state index in [9.17, 15) is 14.0 Å². The number of carbonyl (C=O) groups excluding carboxylic acids is 1. The molecule has 25 heavy (non-hydrogen) atoms. The van der Waals surface area contributed by atoms with Crippen molar-refractivity contribution in [2.24, 2.45) is 0 Å². The molecule has 3 rings (SSSR count). The summed E-state index contributed by atoms with van der Waals surface area (Å²) >= 11 is 0. The van der Waals surface area contributed by atoms with Crippen LogP contribution in [0.25, 0.3) is 11.0 Å². The van der Waals surface area contributed by atoms with Crippen molar-refractivity contribution in [1.29, 1.82) is 0 Å². The number of aromatic amines is 2. The molecule has 0 unspecified atom stereocenters. The smallest absolute Gasteiger partial charge is 0.323 e. The lowest BCUT2D eigenvalue weighted by Crippen LogP contribution is -2.38. The summed E-state index contributed by atoms with van der Waals surface area (Å²) in [6.45, 7) is 2.23. The van der Waals surface area contributed by atoms with Crippen molar-refractivity contribution in [3.63, 3.8) is 0 Å². The highest BCUT2D eigenvalue weighted by Gasteiger charge is 2.12. The normalized spacial score (nSPS) is 12.1. The van der Waals surface area contributed by atoms with Crippen LogP contribution in [0.2, 0.25) is 0 Å². The minimum absolute atomic E-state index is 0.134. The lowest BCUT2D eigenvalue weighted by molar-refractivity contribution is -0.121. The quantitative estimate of drug-likeness (QED) is 0.553. The second-order valence-electron chi connectivity index (χ2n) is 5.87. The number of benzene rings is 2. The fourth-order valence-corrected chi connectivity index (χ4v) is 2.57. The van der Waals surface area contributed by atoms with Crippen LogP contribution in [-0.4, -0.2) is 28.5 Å². The zero-order valence-electron chi connectivity index (χ0n) is 13.7. The molecule has 1 atom stereocenters. The zero-order valence-corrected chi connectivity index (χ0v) is 13.7. The summed E-state index contributed by atoms with van der Waals surface area (Å²) in [5.41, 5.74) is 2.83. The Morgan fingerprint density at radius 1 is 1.12 bits per heavy atom. The number of aromatic nitrogens is 2. The number of anilines is 1. The Hall–Kier alpha value is -3.09. The van der Waals surface area contributed by atoms with Gasteiger partial charge in [0.05, 0.1) is 11.0 Å². The molecular formula is C18H19FN4O2. The summed E-state index contributed by atoms with van der Waals surface area (Å²) in [7, 11) is 0. The van der Waals surface area contributed by atoms with E-state index in [0.29, 0.717) is 24.0 Å². The zero-order chi connectivity index (χ0) is 17.8. The number of H-pyrrole nitrogens is 2. The van der Waals surface area contributed by atoms with E-state index in [4.69, 9.17) is 0 Å². The minimum atomic E-state index is -0.434. The van der Waals surface area contributed by atoms with Gasteiger partial charge in [-0.25, -0.2) is 9.18 Å². The summed E-state index contributed by atoms with van der Waals surface area (Å²) in [5.74, 6) is -0.406. The minimum Gasteiger partial charge on any atom is -0.374 e. The summed E-state index contributed by atoms with van der Waals surface area (Å²) in [6, 6.07) is 11.1. The van der Waals surface area contributed by atoms with Crippen LogP contribution in [0.3, 0.4) is 0 Å². The van der Waals surface area contributed by atoms with E-state index in [1.54, 1.807) is 37.3 Å². The third-order valence-electron chi connectivity index (χ3n) is 3.92. The molecule has 130 valence electrons. The van der Waals surface area contributed by atoms with Gasteiger partial charge >= 0.3 is 5.69 Å². The van der Waals surface area contributed by atoms with E-state index < -0.39 is 6.04 Å². The standard InChI is InChI=1S/C18H19FN4O2/c1-11(17(24)20-9-8-12-2-4-13(19)5-3-12)21-14-6-7-15-16(10-14)23-18(25)22-15/h2-7,10-11,21H,8-9H2,1H3,(H,20,24)(H2,22,23,25)/t11-/m1/s1. The summed E-state index contributed by atoms with van der Waals surface area (Å²) in [5, 5.41) is 5.95. The number of amides is 1. The van der Waals surface area contributed by atoms with Crippen molar-refractivity contribution in [2.45, 2.75) is 19.4 Å². The number of nitrogens with one attached hydrogen (secondary N) is 4. The highest BCUT2D eigenvalue weighted by Crippen LogP contribution is 2.15. The van der Waals surface area contributed by atoms with Crippen LogP contribution in [0.1, 0.15) is 12.5 Å². The summed E-state index contributed by atoms with van der Waals surface area (Å²) in [6.07, 6.45) is 0.634. The third kappa shape index (κ3) is 4.26. The van der Waals surface area contributed by atoms with Crippen LogP contribution in [0.4, 0.5) is 10.1 Å². The molecule has 1 amide bonds. The molecule has 0 bridgehead atoms. The van der Waals surface area contributed by atoms with Gasteiger partial charge in [-0.15, -0.1) is 0 Å². The number of fused-ring (bicyclic) bond motifs is 1. The lowest BCUT2D eigenvalue weighted by atomic mass is 10.1. The first-order valence-electron chi connectivity index (χ1n) is 8.02. The maximum absolute atomic E-state index is 12.8. The molecule has 0 fully saturated rings. The predicted octanol–water partition coefficient (Wildman–Crippen LogP) is 2.15. The predicted molar refractivity (Wildman–Crippen MR) is 95.1 cm³/mol. The van der Waals surface area contributed by atoms with E-state index in [0.717, 1.165) is 11.3 Å². The number of carbonyl (C=O) groups is 1. The number of halogens is 1. The van der Waals surface area contributed by atoms with E-state index in [-0.39, 0.29) is 17.4 Å². The Bertz CT molecular complexity index is 930. The number of rotatable bonds is 6. The van der Waals surface area contributed by atoms with Gasteiger partial charge in [0.1, 0.15) is 11.9 Å². The SMILES string of the molecule is C[C@@H](Nc1ccc2[nH]c(=O)[nH]c2c1)C(=O)NCCc1ccc(F)cc1. The molecule has 1 heterocycles. The molecule has 0 aliphatic carbocycles. The Kier molecular flexibility index (Phi) is 4.83. The molecule has 0 saturated heterocycles. The van der Waals surface area contributed by atoms with Crippen molar-refractivity contribution in [2.75, 3.05) is 11.9 Å². The van der Waals surface area contributed by atoms with Gasteiger partial charge in [0.15, 0.2) is 0 Å². The van der Waals surface area contributed by atoms with Crippen LogP contribution >= 0.6 is 0 Å². The molecule has 7 heteroatoms. The average Bonchev–Trinajstić information content (AvgIpc) is 2.95. The van der Waals surface area contributed by atoms with Gasteiger partial charge in [-0.05, 0) is 49.2 Å². The lowest BCUT2D eigenvalue weighted by Gasteiger charge is -2.15. The largest absolute Gasteiger partial charge is 0.374 e. The summed E-state index contributed by atoms with van der Waals surface area (Å²) in [4.78, 5) is 28.8. The highest BCUT2D eigenvalue weighted by atomic mass is 19.1. The fourth-order valence-electron chi connectivity index (χ4n) is 2.57. The maximum Gasteiger partial charge on any atom is 0.323 e. The molecule has 1 aromatic heterocycles. The molecule has 6 nitrogen and oxygen atoms in total. The summed E-state index contributed by atoms with van der Waals surface area (Å²) < 4.78 is 12.8. The van der Waals surface area contributed by atoms with E-state index in [1.807, 2.05) is 0 Å². The maximum atomic E-state index is 12.8.